The van der Waals surface area contributed by atoms with Gasteiger partial charge in [-0.3, -0.25) is 9.69 Å². The van der Waals surface area contributed by atoms with Crippen LogP contribution in [-0.4, -0.2) is 69.2 Å². The number of piperazine rings is 1. The van der Waals surface area contributed by atoms with Crippen molar-refractivity contribution in [2.45, 2.75) is 11.8 Å². The van der Waals surface area contributed by atoms with Gasteiger partial charge in [-0.1, -0.05) is 35.1 Å². The topological polar surface area (TPSA) is 82.6 Å². The molecule has 1 saturated heterocycles. The smallest absolute Gasteiger partial charge is 0.235 e. The average molecular weight is 493 g/mol. The van der Waals surface area contributed by atoms with Crippen LogP contribution < -0.4 is 10.2 Å². The molecule has 0 aliphatic carbocycles. The van der Waals surface area contributed by atoms with Crippen LogP contribution >= 0.6 is 22.9 Å². The maximum absolute atomic E-state index is 12.4. The molecule has 0 saturated carbocycles. The number of para-hydroxylation sites is 1. The standard InChI is InChI=1S/C22H25ClN4O3S2/c1-16-3-2-4-19-21(16)25-22(31-19)27-13-11-26(12-14-27)10-9-24-20(28)15-32(29,30)18-7-5-17(23)6-8-18/h2-8H,9-15H2,1H3,(H,24,28). The van der Waals surface area contributed by atoms with Gasteiger partial charge < -0.3 is 10.2 Å². The lowest BCUT2D eigenvalue weighted by atomic mass is 10.2. The first-order valence-electron chi connectivity index (χ1n) is 10.4. The predicted octanol–water partition coefficient (Wildman–Crippen LogP) is 2.97. The molecule has 0 unspecified atom stereocenters. The summed E-state index contributed by atoms with van der Waals surface area (Å²) < 4.78 is 25.9. The fourth-order valence-corrected chi connectivity index (χ4v) is 6.06. The Morgan fingerprint density at radius 3 is 2.53 bits per heavy atom. The van der Waals surface area contributed by atoms with Gasteiger partial charge in [0.25, 0.3) is 0 Å². The summed E-state index contributed by atoms with van der Waals surface area (Å²) >= 11 is 7.51. The van der Waals surface area contributed by atoms with Crippen molar-refractivity contribution in [1.29, 1.82) is 0 Å². The van der Waals surface area contributed by atoms with E-state index in [1.807, 2.05) is 0 Å². The zero-order valence-electron chi connectivity index (χ0n) is 17.8. The first kappa shape index (κ1) is 23.0. The third kappa shape index (κ3) is 5.40. The summed E-state index contributed by atoms with van der Waals surface area (Å²) in [6.45, 7) is 6.66. The van der Waals surface area contributed by atoms with Gasteiger partial charge in [0.15, 0.2) is 15.0 Å². The molecule has 1 aromatic heterocycles. The van der Waals surface area contributed by atoms with Crippen molar-refractivity contribution in [1.82, 2.24) is 15.2 Å². The zero-order chi connectivity index (χ0) is 22.7. The predicted molar refractivity (Wildman–Crippen MR) is 130 cm³/mol. The number of halogens is 1. The molecule has 0 bridgehead atoms. The number of aromatic nitrogens is 1. The van der Waals surface area contributed by atoms with E-state index >= 15 is 0 Å². The molecule has 2 aromatic carbocycles. The van der Waals surface area contributed by atoms with E-state index in [-0.39, 0.29) is 4.90 Å². The molecule has 1 aliphatic heterocycles. The van der Waals surface area contributed by atoms with Crippen LogP contribution in [0.2, 0.25) is 5.02 Å². The third-order valence-corrected chi connectivity index (χ3v) is 8.46. The Morgan fingerprint density at radius 1 is 1.12 bits per heavy atom. The number of anilines is 1. The molecule has 0 radical (unpaired) electrons. The van der Waals surface area contributed by atoms with Crippen LogP contribution in [0.5, 0.6) is 0 Å². The van der Waals surface area contributed by atoms with E-state index in [0.29, 0.717) is 18.1 Å². The Bertz CT molecular complexity index is 1200. The van der Waals surface area contributed by atoms with Gasteiger partial charge in [-0.05, 0) is 42.8 Å². The van der Waals surface area contributed by atoms with Crippen molar-refractivity contribution in [3.05, 3.63) is 53.1 Å². The first-order valence-corrected chi connectivity index (χ1v) is 13.2. The third-order valence-electron chi connectivity index (χ3n) is 5.50. The SMILES string of the molecule is Cc1cccc2sc(N3CCN(CCNC(=O)CS(=O)(=O)c4ccc(Cl)cc4)CC3)nc12. The van der Waals surface area contributed by atoms with Gasteiger partial charge in [-0.25, -0.2) is 13.4 Å². The molecule has 2 heterocycles. The monoisotopic (exact) mass is 492 g/mol. The van der Waals surface area contributed by atoms with Crippen LogP contribution in [0.3, 0.4) is 0 Å². The first-order chi connectivity index (χ1) is 15.3. The van der Waals surface area contributed by atoms with Gasteiger partial charge >= 0.3 is 0 Å². The molecule has 10 heteroatoms. The summed E-state index contributed by atoms with van der Waals surface area (Å²) in [5.74, 6) is -1.07. The lowest BCUT2D eigenvalue weighted by molar-refractivity contribution is -0.118. The van der Waals surface area contributed by atoms with E-state index in [1.54, 1.807) is 11.3 Å². The Kier molecular flexibility index (Phi) is 6.99. The molecular weight excluding hydrogens is 468 g/mol. The number of fused-ring (bicyclic) bond motifs is 1. The lowest BCUT2D eigenvalue weighted by Crippen LogP contribution is -2.48. The van der Waals surface area contributed by atoms with E-state index < -0.39 is 21.5 Å². The molecule has 0 spiro atoms. The number of rotatable bonds is 7. The maximum Gasteiger partial charge on any atom is 0.235 e. The second-order valence-electron chi connectivity index (χ2n) is 7.81. The molecule has 1 fully saturated rings. The van der Waals surface area contributed by atoms with Gasteiger partial charge in [-0.2, -0.15) is 0 Å². The summed E-state index contributed by atoms with van der Waals surface area (Å²) in [6.07, 6.45) is 0. The normalized spacial score (nSPS) is 15.2. The maximum atomic E-state index is 12.4. The molecule has 1 N–H and O–H groups in total. The number of aryl methyl sites for hydroxylation is 1. The highest BCUT2D eigenvalue weighted by molar-refractivity contribution is 7.92. The number of carbonyl (C=O) groups is 1. The summed E-state index contributed by atoms with van der Waals surface area (Å²) in [6, 6.07) is 12.1. The van der Waals surface area contributed by atoms with E-state index in [2.05, 4.69) is 40.2 Å². The number of nitrogens with one attached hydrogen (secondary N) is 1. The van der Waals surface area contributed by atoms with Crippen LogP contribution in [0.1, 0.15) is 5.56 Å². The molecule has 32 heavy (non-hydrogen) atoms. The fourth-order valence-electron chi connectivity index (χ4n) is 3.67. The van der Waals surface area contributed by atoms with Crippen LogP contribution in [-0.2, 0) is 14.6 Å². The van der Waals surface area contributed by atoms with Crippen LogP contribution in [0.15, 0.2) is 47.4 Å². The van der Waals surface area contributed by atoms with Crippen molar-refractivity contribution in [3.8, 4) is 0 Å². The summed E-state index contributed by atoms with van der Waals surface area (Å²) in [4.78, 5) is 21.6. The highest BCUT2D eigenvalue weighted by atomic mass is 35.5. The molecule has 0 atom stereocenters. The number of hydrogen-bond acceptors (Lipinski definition) is 7. The fraction of sp³-hybridized carbons (Fsp3) is 0.364. The minimum atomic E-state index is -3.68. The average Bonchev–Trinajstić information content (AvgIpc) is 3.20. The number of nitrogens with zero attached hydrogens (tertiary/aromatic N) is 3. The van der Waals surface area contributed by atoms with Gasteiger partial charge in [0.2, 0.25) is 5.91 Å². The molecule has 4 rings (SSSR count). The Hall–Kier alpha value is -2.20. The number of carbonyl (C=O) groups excluding carboxylic acids is 1. The summed E-state index contributed by atoms with van der Waals surface area (Å²) in [5.41, 5.74) is 2.27. The van der Waals surface area contributed by atoms with Gasteiger partial charge in [0.1, 0.15) is 5.75 Å². The molecular formula is C22H25ClN4O3S2. The van der Waals surface area contributed by atoms with Crippen molar-refractivity contribution >= 4 is 54.0 Å². The number of benzene rings is 2. The summed E-state index contributed by atoms with van der Waals surface area (Å²) in [7, 11) is -3.68. The highest BCUT2D eigenvalue weighted by Gasteiger charge is 2.21. The number of sulfone groups is 1. The minimum Gasteiger partial charge on any atom is -0.354 e. The zero-order valence-corrected chi connectivity index (χ0v) is 20.1. The lowest BCUT2D eigenvalue weighted by Gasteiger charge is -2.34. The van der Waals surface area contributed by atoms with E-state index in [9.17, 15) is 13.2 Å². The molecule has 7 nitrogen and oxygen atoms in total. The quantitative estimate of drug-likeness (QED) is 0.546. The molecule has 1 aliphatic rings. The molecule has 1 amide bonds. The second kappa shape index (κ2) is 9.74. The van der Waals surface area contributed by atoms with Crippen molar-refractivity contribution in [2.24, 2.45) is 0 Å². The van der Waals surface area contributed by atoms with Crippen LogP contribution in [0, 0.1) is 6.92 Å². The van der Waals surface area contributed by atoms with Crippen molar-refractivity contribution in [2.75, 3.05) is 49.9 Å². The minimum absolute atomic E-state index is 0.0956. The molecule has 170 valence electrons. The number of hydrogen-bond donors (Lipinski definition) is 1. The van der Waals surface area contributed by atoms with Gasteiger partial charge in [0.05, 0.1) is 15.1 Å². The van der Waals surface area contributed by atoms with Crippen molar-refractivity contribution < 1.29 is 13.2 Å². The van der Waals surface area contributed by atoms with Crippen LogP contribution in [0.4, 0.5) is 5.13 Å². The Balaban J connectivity index is 1.22. The van der Waals surface area contributed by atoms with Gasteiger partial charge in [-0.15, -0.1) is 0 Å². The van der Waals surface area contributed by atoms with Crippen LogP contribution in [0.25, 0.3) is 10.2 Å². The molecule has 3 aromatic rings. The largest absolute Gasteiger partial charge is 0.354 e. The Labute approximate surface area is 196 Å². The van der Waals surface area contributed by atoms with E-state index in [4.69, 9.17) is 16.6 Å². The summed E-state index contributed by atoms with van der Waals surface area (Å²) in [5, 5.41) is 4.23. The number of amides is 1. The highest BCUT2D eigenvalue weighted by Crippen LogP contribution is 2.30. The van der Waals surface area contributed by atoms with Gasteiger partial charge in [0, 0.05) is 44.3 Å². The van der Waals surface area contributed by atoms with E-state index in [0.717, 1.165) is 36.8 Å². The Morgan fingerprint density at radius 2 is 1.84 bits per heavy atom. The van der Waals surface area contributed by atoms with E-state index in [1.165, 1.54) is 34.5 Å². The van der Waals surface area contributed by atoms with Crippen molar-refractivity contribution in [3.63, 3.8) is 0 Å². The second-order valence-corrected chi connectivity index (χ2v) is 11.2. The number of thiazole rings is 1.